The molecule has 0 bridgehead atoms. The van der Waals surface area contributed by atoms with E-state index in [1.807, 2.05) is 42.2 Å². The van der Waals surface area contributed by atoms with Crippen molar-refractivity contribution < 1.29 is 9.53 Å². The highest BCUT2D eigenvalue weighted by Gasteiger charge is 2.29. The third-order valence-electron chi connectivity index (χ3n) is 4.16. The number of carbonyl (C=O) groups is 1. The molecule has 1 unspecified atom stereocenters. The third-order valence-corrected chi connectivity index (χ3v) is 4.16. The Morgan fingerprint density at radius 3 is 2.64 bits per heavy atom. The summed E-state index contributed by atoms with van der Waals surface area (Å²) in [6, 6.07) is 17.9. The van der Waals surface area contributed by atoms with E-state index >= 15 is 0 Å². The van der Waals surface area contributed by atoms with E-state index in [4.69, 9.17) is 4.74 Å². The lowest BCUT2D eigenvalue weighted by Crippen LogP contribution is -2.28. The van der Waals surface area contributed by atoms with Gasteiger partial charge >= 0.3 is 0 Å². The monoisotopic (exact) mass is 295 g/mol. The van der Waals surface area contributed by atoms with Gasteiger partial charge in [0.1, 0.15) is 5.75 Å². The Hall–Kier alpha value is -2.29. The molecule has 2 aromatic rings. The SMILES string of the molecule is CCOc1ccccc1C(=O)N1CCC(c2ccccc2)C1. The number of hydrogen-bond donors (Lipinski definition) is 0. The summed E-state index contributed by atoms with van der Waals surface area (Å²) in [5.74, 6) is 1.19. The second kappa shape index (κ2) is 6.65. The van der Waals surface area contributed by atoms with Gasteiger partial charge in [-0.2, -0.15) is 0 Å². The van der Waals surface area contributed by atoms with E-state index in [-0.39, 0.29) is 5.91 Å². The molecule has 0 aromatic heterocycles. The molecule has 1 atom stereocenters. The largest absolute Gasteiger partial charge is 0.493 e. The standard InChI is InChI=1S/C19H21NO2/c1-2-22-18-11-7-6-10-17(18)19(21)20-13-12-16(14-20)15-8-4-3-5-9-15/h3-11,16H,2,12-14H2,1H3. The van der Waals surface area contributed by atoms with E-state index < -0.39 is 0 Å². The number of nitrogens with zero attached hydrogens (tertiary/aromatic N) is 1. The fraction of sp³-hybridized carbons (Fsp3) is 0.316. The molecule has 0 radical (unpaired) electrons. The van der Waals surface area contributed by atoms with Crippen molar-refractivity contribution >= 4 is 5.91 Å². The lowest BCUT2D eigenvalue weighted by atomic mass is 9.99. The van der Waals surface area contributed by atoms with Gasteiger partial charge in [-0.15, -0.1) is 0 Å². The molecular formula is C19H21NO2. The zero-order valence-electron chi connectivity index (χ0n) is 12.9. The van der Waals surface area contributed by atoms with Gasteiger partial charge in [0.25, 0.3) is 5.91 Å². The number of para-hydroxylation sites is 1. The van der Waals surface area contributed by atoms with E-state index in [9.17, 15) is 4.79 Å². The molecule has 1 amide bonds. The molecule has 0 aliphatic carbocycles. The van der Waals surface area contributed by atoms with Crippen molar-refractivity contribution in [2.75, 3.05) is 19.7 Å². The van der Waals surface area contributed by atoms with Crippen LogP contribution in [0.1, 0.15) is 35.2 Å². The highest BCUT2D eigenvalue weighted by Crippen LogP contribution is 2.29. The highest BCUT2D eigenvalue weighted by molar-refractivity contribution is 5.97. The predicted octanol–water partition coefficient (Wildman–Crippen LogP) is 3.72. The van der Waals surface area contributed by atoms with Crippen LogP contribution in [0.15, 0.2) is 54.6 Å². The topological polar surface area (TPSA) is 29.5 Å². The van der Waals surface area contributed by atoms with Gasteiger partial charge in [-0.25, -0.2) is 0 Å². The zero-order valence-corrected chi connectivity index (χ0v) is 12.9. The summed E-state index contributed by atoms with van der Waals surface area (Å²) < 4.78 is 5.58. The number of rotatable bonds is 4. The summed E-state index contributed by atoms with van der Waals surface area (Å²) in [6.45, 7) is 4.08. The second-order valence-corrected chi connectivity index (χ2v) is 5.58. The van der Waals surface area contributed by atoms with Crippen molar-refractivity contribution in [1.82, 2.24) is 4.90 Å². The van der Waals surface area contributed by atoms with E-state index in [1.165, 1.54) is 5.56 Å². The summed E-state index contributed by atoms with van der Waals surface area (Å²) in [6.07, 6.45) is 1.02. The smallest absolute Gasteiger partial charge is 0.257 e. The van der Waals surface area contributed by atoms with Crippen molar-refractivity contribution in [2.45, 2.75) is 19.3 Å². The molecule has 0 N–H and O–H groups in total. The average molecular weight is 295 g/mol. The van der Waals surface area contributed by atoms with Crippen LogP contribution in [0.4, 0.5) is 0 Å². The first kappa shape index (κ1) is 14.6. The molecular weight excluding hydrogens is 274 g/mol. The lowest BCUT2D eigenvalue weighted by molar-refractivity contribution is 0.0786. The molecule has 1 heterocycles. The minimum Gasteiger partial charge on any atom is -0.493 e. The van der Waals surface area contributed by atoms with Gasteiger partial charge < -0.3 is 9.64 Å². The van der Waals surface area contributed by atoms with Crippen LogP contribution < -0.4 is 4.74 Å². The van der Waals surface area contributed by atoms with Crippen molar-refractivity contribution in [3.63, 3.8) is 0 Å². The van der Waals surface area contributed by atoms with Crippen molar-refractivity contribution in [3.05, 3.63) is 65.7 Å². The van der Waals surface area contributed by atoms with E-state index in [0.717, 1.165) is 19.5 Å². The Balaban J connectivity index is 1.74. The van der Waals surface area contributed by atoms with Crippen molar-refractivity contribution in [3.8, 4) is 5.75 Å². The number of ether oxygens (including phenoxy) is 1. The van der Waals surface area contributed by atoms with Crippen LogP contribution in [0, 0.1) is 0 Å². The molecule has 3 nitrogen and oxygen atoms in total. The molecule has 2 aromatic carbocycles. The summed E-state index contributed by atoms with van der Waals surface area (Å²) in [7, 11) is 0. The molecule has 3 heteroatoms. The van der Waals surface area contributed by atoms with Gasteiger partial charge in [0.15, 0.2) is 0 Å². The number of hydrogen-bond acceptors (Lipinski definition) is 2. The summed E-state index contributed by atoms with van der Waals surface area (Å²) in [5.41, 5.74) is 1.98. The molecule has 1 fully saturated rings. The summed E-state index contributed by atoms with van der Waals surface area (Å²) >= 11 is 0. The van der Waals surface area contributed by atoms with Gasteiger partial charge in [0.2, 0.25) is 0 Å². The fourth-order valence-corrected chi connectivity index (χ4v) is 3.04. The maximum absolute atomic E-state index is 12.8. The number of carbonyl (C=O) groups excluding carboxylic acids is 1. The Labute approximate surface area is 131 Å². The second-order valence-electron chi connectivity index (χ2n) is 5.58. The van der Waals surface area contributed by atoms with Gasteiger partial charge in [-0.05, 0) is 31.0 Å². The highest BCUT2D eigenvalue weighted by atomic mass is 16.5. The third kappa shape index (κ3) is 2.98. The molecule has 114 valence electrons. The quantitative estimate of drug-likeness (QED) is 0.860. The van der Waals surface area contributed by atoms with Crippen LogP contribution in [-0.4, -0.2) is 30.5 Å². The van der Waals surface area contributed by atoms with Crippen LogP contribution in [0.25, 0.3) is 0 Å². The Bertz CT molecular complexity index is 639. The minimum absolute atomic E-state index is 0.0717. The van der Waals surface area contributed by atoms with Crippen molar-refractivity contribution in [2.24, 2.45) is 0 Å². The summed E-state index contributed by atoms with van der Waals surface area (Å²) in [5, 5.41) is 0. The van der Waals surface area contributed by atoms with Crippen LogP contribution in [0.3, 0.4) is 0 Å². The fourth-order valence-electron chi connectivity index (χ4n) is 3.04. The maximum atomic E-state index is 12.8. The van der Waals surface area contributed by atoms with Gasteiger partial charge in [-0.1, -0.05) is 42.5 Å². The molecule has 22 heavy (non-hydrogen) atoms. The zero-order chi connectivity index (χ0) is 15.4. The molecule has 0 spiro atoms. The number of amides is 1. The molecule has 0 saturated carbocycles. The average Bonchev–Trinajstić information content (AvgIpc) is 3.06. The predicted molar refractivity (Wildman–Crippen MR) is 87.3 cm³/mol. The van der Waals surface area contributed by atoms with Gasteiger partial charge in [0, 0.05) is 19.0 Å². The Morgan fingerprint density at radius 1 is 1.14 bits per heavy atom. The lowest BCUT2D eigenvalue weighted by Gasteiger charge is -2.18. The maximum Gasteiger partial charge on any atom is 0.257 e. The summed E-state index contributed by atoms with van der Waals surface area (Å²) in [4.78, 5) is 14.7. The van der Waals surface area contributed by atoms with Crippen LogP contribution in [-0.2, 0) is 0 Å². The normalized spacial score (nSPS) is 17.5. The van der Waals surface area contributed by atoms with E-state index in [0.29, 0.717) is 23.8 Å². The number of likely N-dealkylation sites (tertiary alicyclic amines) is 1. The van der Waals surface area contributed by atoms with Gasteiger partial charge in [0.05, 0.1) is 12.2 Å². The molecule has 1 aliphatic rings. The van der Waals surface area contributed by atoms with Crippen molar-refractivity contribution in [1.29, 1.82) is 0 Å². The first-order chi connectivity index (χ1) is 10.8. The Kier molecular flexibility index (Phi) is 4.42. The molecule has 1 saturated heterocycles. The van der Waals surface area contributed by atoms with Crippen LogP contribution >= 0.6 is 0 Å². The van der Waals surface area contributed by atoms with E-state index in [1.54, 1.807) is 0 Å². The van der Waals surface area contributed by atoms with Crippen LogP contribution in [0.5, 0.6) is 5.75 Å². The van der Waals surface area contributed by atoms with Crippen LogP contribution in [0.2, 0.25) is 0 Å². The van der Waals surface area contributed by atoms with Gasteiger partial charge in [-0.3, -0.25) is 4.79 Å². The Morgan fingerprint density at radius 2 is 1.86 bits per heavy atom. The molecule has 3 rings (SSSR count). The first-order valence-electron chi connectivity index (χ1n) is 7.85. The van der Waals surface area contributed by atoms with E-state index in [2.05, 4.69) is 24.3 Å². The first-order valence-corrected chi connectivity index (χ1v) is 7.85. The number of benzene rings is 2. The molecule has 1 aliphatic heterocycles. The minimum atomic E-state index is 0.0717.